The SMILES string of the molecule is O=S(Nc1ccccc1NSc1cc(C(F)F)cc(C(F)(F)F)c1)c1cc(C(F)F)cc(C(F)(F)F)c1. The van der Waals surface area contributed by atoms with Gasteiger partial charge in [-0.1, -0.05) is 12.1 Å². The topological polar surface area (TPSA) is 41.1 Å². The smallest absolute Gasteiger partial charge is 0.324 e. The first kappa shape index (κ1) is 28.6. The van der Waals surface area contributed by atoms with Gasteiger partial charge in [0.2, 0.25) is 0 Å². The summed E-state index contributed by atoms with van der Waals surface area (Å²) in [7, 11) is -2.47. The number of alkyl halides is 10. The lowest BCUT2D eigenvalue weighted by atomic mass is 10.1. The molecule has 0 aliphatic carbocycles. The van der Waals surface area contributed by atoms with E-state index in [1.807, 2.05) is 0 Å². The van der Waals surface area contributed by atoms with Crippen molar-refractivity contribution in [3.63, 3.8) is 0 Å². The normalized spacial score (nSPS) is 13.2. The minimum Gasteiger partial charge on any atom is -0.324 e. The van der Waals surface area contributed by atoms with Gasteiger partial charge in [0.15, 0.2) is 0 Å². The minimum atomic E-state index is -4.98. The highest BCUT2D eigenvalue weighted by atomic mass is 32.2. The molecule has 3 aromatic carbocycles. The van der Waals surface area contributed by atoms with E-state index in [2.05, 4.69) is 9.44 Å². The number of benzene rings is 3. The molecule has 0 heterocycles. The van der Waals surface area contributed by atoms with Gasteiger partial charge in [0.1, 0.15) is 11.0 Å². The fourth-order valence-corrected chi connectivity index (χ4v) is 4.68. The fourth-order valence-electron chi connectivity index (χ4n) is 2.92. The lowest BCUT2D eigenvalue weighted by Gasteiger charge is -2.16. The monoisotopic (exact) mass is 576 g/mol. The largest absolute Gasteiger partial charge is 0.416 e. The molecule has 0 aliphatic rings. The molecule has 1 unspecified atom stereocenters. The van der Waals surface area contributed by atoms with Crippen LogP contribution in [0.15, 0.2) is 70.5 Å². The van der Waals surface area contributed by atoms with Crippen LogP contribution < -0.4 is 9.44 Å². The minimum absolute atomic E-state index is 0.0228. The predicted molar refractivity (Wildman–Crippen MR) is 119 cm³/mol. The molecule has 0 radical (unpaired) electrons. The Morgan fingerprint density at radius 3 is 1.76 bits per heavy atom. The molecule has 0 aromatic heterocycles. The molecule has 0 saturated heterocycles. The first-order chi connectivity index (χ1) is 17.1. The van der Waals surface area contributed by atoms with Crippen LogP contribution in [0.3, 0.4) is 0 Å². The maximum atomic E-state index is 13.1. The summed E-state index contributed by atoms with van der Waals surface area (Å²) >= 11 is 0.514. The molecule has 1 atom stereocenters. The van der Waals surface area contributed by atoms with Crippen LogP contribution in [-0.2, 0) is 23.3 Å². The van der Waals surface area contributed by atoms with Gasteiger partial charge in [0.25, 0.3) is 12.9 Å². The molecule has 0 bridgehead atoms. The summed E-state index contributed by atoms with van der Waals surface area (Å²) in [4.78, 5) is -0.840. The first-order valence-electron chi connectivity index (χ1n) is 9.86. The van der Waals surface area contributed by atoms with E-state index in [-0.39, 0.29) is 22.3 Å². The number of hydrogen-bond donors (Lipinski definition) is 2. The predicted octanol–water partition coefficient (Wildman–Crippen LogP) is 8.85. The van der Waals surface area contributed by atoms with E-state index in [9.17, 15) is 48.1 Å². The van der Waals surface area contributed by atoms with Crippen LogP contribution in [0.2, 0.25) is 0 Å². The summed E-state index contributed by atoms with van der Waals surface area (Å²) in [5.41, 5.74) is -4.56. The van der Waals surface area contributed by atoms with Crippen LogP contribution in [0.25, 0.3) is 0 Å². The zero-order chi connectivity index (χ0) is 27.5. The van der Waals surface area contributed by atoms with Crippen molar-refractivity contribution in [3.05, 3.63) is 82.9 Å². The summed E-state index contributed by atoms with van der Waals surface area (Å²) in [5, 5.41) is 0. The second kappa shape index (κ2) is 11.2. The van der Waals surface area contributed by atoms with E-state index in [0.29, 0.717) is 36.2 Å². The molecule has 0 spiro atoms. The second-order valence-electron chi connectivity index (χ2n) is 7.30. The molecule has 3 nitrogen and oxygen atoms in total. The van der Waals surface area contributed by atoms with E-state index in [1.165, 1.54) is 24.3 Å². The van der Waals surface area contributed by atoms with Crippen LogP contribution in [0, 0.1) is 0 Å². The van der Waals surface area contributed by atoms with E-state index in [4.69, 9.17) is 0 Å². The van der Waals surface area contributed by atoms with Crippen molar-refractivity contribution in [2.45, 2.75) is 35.0 Å². The van der Waals surface area contributed by atoms with Gasteiger partial charge in [-0.15, -0.1) is 0 Å². The Balaban J connectivity index is 1.86. The summed E-state index contributed by atoms with van der Waals surface area (Å²) in [6.07, 6.45) is -16.3. The highest BCUT2D eigenvalue weighted by Gasteiger charge is 2.33. The number of halogens is 10. The maximum Gasteiger partial charge on any atom is 0.416 e. The van der Waals surface area contributed by atoms with Crippen LogP contribution in [0.4, 0.5) is 55.3 Å². The van der Waals surface area contributed by atoms with Crippen LogP contribution >= 0.6 is 11.9 Å². The Hall–Kier alpha value is -2.94. The molecule has 2 N–H and O–H groups in total. The van der Waals surface area contributed by atoms with Gasteiger partial charge in [0, 0.05) is 16.0 Å². The quantitative estimate of drug-likeness (QED) is 0.208. The number of para-hydroxylation sites is 2. The van der Waals surface area contributed by atoms with E-state index in [1.54, 1.807) is 0 Å². The molecular weight excluding hydrogens is 562 g/mol. The molecule has 3 aromatic rings. The molecule has 3 rings (SSSR count). The molecule has 0 fully saturated rings. The standard InChI is InChI=1S/C22H14F10N2OS2/c23-19(24)11-5-13(21(27,28)29)9-15(7-11)36-33-17-3-1-2-4-18(17)34-37(35)16-8-12(20(25)26)6-14(10-16)22(30,31)32/h1-10,19-20,33-34H. The van der Waals surface area contributed by atoms with Gasteiger partial charge in [0.05, 0.1) is 27.4 Å². The summed E-state index contributed by atoms with van der Waals surface area (Å²) < 4.78 is 149. The van der Waals surface area contributed by atoms with Crippen molar-refractivity contribution < 1.29 is 48.1 Å². The van der Waals surface area contributed by atoms with Gasteiger partial charge < -0.3 is 4.72 Å². The zero-order valence-electron chi connectivity index (χ0n) is 17.9. The van der Waals surface area contributed by atoms with Gasteiger partial charge in [-0.25, -0.2) is 21.8 Å². The lowest BCUT2D eigenvalue weighted by molar-refractivity contribution is -0.138. The third-order valence-electron chi connectivity index (χ3n) is 4.64. The third kappa shape index (κ3) is 7.53. The summed E-state index contributed by atoms with van der Waals surface area (Å²) in [6, 6.07) is 8.63. The van der Waals surface area contributed by atoms with E-state index < -0.39 is 63.3 Å². The fraction of sp³-hybridized carbons (Fsp3) is 0.182. The van der Waals surface area contributed by atoms with Crippen LogP contribution in [-0.4, -0.2) is 4.21 Å². The molecule has 37 heavy (non-hydrogen) atoms. The van der Waals surface area contributed by atoms with Crippen molar-refractivity contribution in [2.75, 3.05) is 9.44 Å². The Kier molecular flexibility index (Phi) is 8.67. The molecule has 0 aliphatic heterocycles. The third-order valence-corrected chi connectivity index (χ3v) is 6.50. The maximum absolute atomic E-state index is 13.1. The average Bonchev–Trinajstić information content (AvgIpc) is 2.81. The Morgan fingerprint density at radius 1 is 0.703 bits per heavy atom. The van der Waals surface area contributed by atoms with Gasteiger partial charge >= 0.3 is 12.4 Å². The van der Waals surface area contributed by atoms with Crippen molar-refractivity contribution in [3.8, 4) is 0 Å². The first-order valence-corrected chi connectivity index (χ1v) is 11.8. The number of hydrogen-bond acceptors (Lipinski definition) is 3. The van der Waals surface area contributed by atoms with Crippen molar-refractivity contribution in [1.29, 1.82) is 0 Å². The lowest BCUT2D eigenvalue weighted by Crippen LogP contribution is -2.11. The van der Waals surface area contributed by atoms with Crippen molar-refractivity contribution >= 4 is 34.3 Å². The average molecular weight is 576 g/mol. The van der Waals surface area contributed by atoms with Gasteiger partial charge in [-0.3, -0.25) is 4.72 Å². The number of anilines is 2. The Bertz CT molecular complexity index is 1280. The Morgan fingerprint density at radius 2 is 1.22 bits per heavy atom. The summed E-state index contributed by atoms with van der Waals surface area (Å²) in [5.74, 6) is 0. The molecular formula is C22H14F10N2OS2. The molecule has 0 amide bonds. The van der Waals surface area contributed by atoms with Crippen molar-refractivity contribution in [2.24, 2.45) is 0 Å². The van der Waals surface area contributed by atoms with Crippen LogP contribution in [0.1, 0.15) is 35.1 Å². The van der Waals surface area contributed by atoms with Crippen LogP contribution in [0.5, 0.6) is 0 Å². The van der Waals surface area contributed by atoms with E-state index >= 15 is 0 Å². The van der Waals surface area contributed by atoms with Gasteiger partial charge in [-0.05, 0) is 60.5 Å². The second-order valence-corrected chi connectivity index (χ2v) is 9.39. The zero-order valence-corrected chi connectivity index (χ0v) is 19.6. The molecule has 200 valence electrons. The van der Waals surface area contributed by atoms with Crippen molar-refractivity contribution in [1.82, 2.24) is 0 Å². The highest BCUT2D eigenvalue weighted by Crippen LogP contribution is 2.37. The van der Waals surface area contributed by atoms with Gasteiger partial charge in [-0.2, -0.15) is 26.3 Å². The number of rotatable bonds is 8. The molecule has 15 heteroatoms. The highest BCUT2D eigenvalue weighted by molar-refractivity contribution is 8.00. The Labute approximate surface area is 210 Å². The molecule has 0 saturated carbocycles. The summed E-state index contributed by atoms with van der Waals surface area (Å²) in [6.45, 7) is 0. The van der Waals surface area contributed by atoms with E-state index in [0.717, 1.165) is 6.07 Å². The number of nitrogens with one attached hydrogen (secondary N) is 2.